The van der Waals surface area contributed by atoms with Crippen molar-refractivity contribution in [2.24, 2.45) is 0 Å². The number of amides is 1. The normalized spacial score (nSPS) is 11.8. The maximum atomic E-state index is 11.8. The lowest BCUT2D eigenvalue weighted by Gasteiger charge is -2.18. The Balaban J connectivity index is 2.24. The molecule has 4 nitrogen and oxygen atoms in total. The maximum Gasteiger partial charge on any atom is 0.251 e. The van der Waals surface area contributed by atoms with Gasteiger partial charge in [-0.05, 0) is 49.2 Å². The van der Waals surface area contributed by atoms with E-state index in [0.717, 1.165) is 16.8 Å². The molecular weight excluding hydrogens is 250 g/mol. The Morgan fingerprint density at radius 1 is 1.20 bits per heavy atom. The fourth-order valence-electron chi connectivity index (χ4n) is 2.14. The highest BCUT2D eigenvalue weighted by Crippen LogP contribution is 2.24. The zero-order chi connectivity index (χ0) is 14.5. The van der Waals surface area contributed by atoms with E-state index < -0.39 is 0 Å². The lowest BCUT2D eigenvalue weighted by molar-refractivity contribution is 0.0962. The van der Waals surface area contributed by atoms with Crippen molar-refractivity contribution in [1.82, 2.24) is 10.3 Å². The first kappa shape index (κ1) is 14.1. The molecule has 0 aliphatic heterocycles. The second-order valence-corrected chi connectivity index (χ2v) is 4.70. The van der Waals surface area contributed by atoms with Crippen LogP contribution in [0.2, 0.25) is 0 Å². The van der Waals surface area contributed by atoms with Gasteiger partial charge in [-0.25, -0.2) is 0 Å². The summed E-state index contributed by atoms with van der Waals surface area (Å²) in [5.74, 6) is -0.0669. The quantitative estimate of drug-likeness (QED) is 0.897. The molecule has 1 aromatic carbocycles. The Morgan fingerprint density at radius 3 is 2.55 bits per heavy atom. The van der Waals surface area contributed by atoms with Crippen molar-refractivity contribution in [3.8, 4) is 0 Å². The Morgan fingerprint density at radius 2 is 1.90 bits per heavy atom. The van der Waals surface area contributed by atoms with E-state index in [9.17, 15) is 4.79 Å². The van der Waals surface area contributed by atoms with Crippen LogP contribution in [0.5, 0.6) is 0 Å². The van der Waals surface area contributed by atoms with E-state index in [4.69, 9.17) is 0 Å². The standard InChI is InChI=1S/C16H19N3O/c1-11-14(16(20)17-3)5-4-6-15(11)19-12(2)13-7-9-18-10-8-13/h4-10,12,19H,1-3H3,(H,17,20). The molecule has 0 aliphatic carbocycles. The summed E-state index contributed by atoms with van der Waals surface area (Å²) in [6.07, 6.45) is 3.56. The van der Waals surface area contributed by atoms with Crippen molar-refractivity contribution < 1.29 is 4.79 Å². The molecule has 1 unspecified atom stereocenters. The van der Waals surface area contributed by atoms with E-state index in [1.165, 1.54) is 0 Å². The first-order valence-corrected chi connectivity index (χ1v) is 6.61. The molecule has 1 atom stereocenters. The maximum absolute atomic E-state index is 11.8. The minimum absolute atomic E-state index is 0.0669. The highest BCUT2D eigenvalue weighted by Gasteiger charge is 2.12. The third-order valence-corrected chi connectivity index (χ3v) is 3.38. The number of rotatable bonds is 4. The number of hydrogen-bond acceptors (Lipinski definition) is 3. The average molecular weight is 269 g/mol. The van der Waals surface area contributed by atoms with E-state index in [1.807, 2.05) is 37.3 Å². The fourth-order valence-corrected chi connectivity index (χ4v) is 2.14. The first-order valence-electron chi connectivity index (χ1n) is 6.61. The number of nitrogens with zero attached hydrogens (tertiary/aromatic N) is 1. The van der Waals surface area contributed by atoms with Gasteiger partial charge in [-0.1, -0.05) is 6.07 Å². The lowest BCUT2D eigenvalue weighted by atomic mass is 10.0. The molecule has 0 bridgehead atoms. The van der Waals surface area contributed by atoms with Crippen molar-refractivity contribution in [3.63, 3.8) is 0 Å². The third-order valence-electron chi connectivity index (χ3n) is 3.38. The number of pyridine rings is 1. The number of hydrogen-bond donors (Lipinski definition) is 2. The van der Waals surface area contributed by atoms with Gasteiger partial charge in [0.05, 0.1) is 0 Å². The molecule has 2 N–H and O–H groups in total. The third kappa shape index (κ3) is 2.96. The highest BCUT2D eigenvalue weighted by atomic mass is 16.1. The summed E-state index contributed by atoms with van der Waals surface area (Å²) < 4.78 is 0. The summed E-state index contributed by atoms with van der Waals surface area (Å²) in [5, 5.41) is 6.10. The van der Waals surface area contributed by atoms with Crippen molar-refractivity contribution in [2.45, 2.75) is 19.9 Å². The van der Waals surface area contributed by atoms with E-state index >= 15 is 0 Å². The SMILES string of the molecule is CNC(=O)c1cccc(NC(C)c2ccncc2)c1C. The van der Waals surface area contributed by atoms with Gasteiger partial charge < -0.3 is 10.6 Å². The van der Waals surface area contributed by atoms with Crippen LogP contribution >= 0.6 is 0 Å². The van der Waals surface area contributed by atoms with Crippen LogP contribution in [0, 0.1) is 6.92 Å². The molecule has 1 aromatic heterocycles. The highest BCUT2D eigenvalue weighted by molar-refractivity contribution is 5.96. The van der Waals surface area contributed by atoms with E-state index in [2.05, 4.69) is 22.5 Å². The molecule has 2 rings (SSSR count). The predicted molar refractivity (Wildman–Crippen MR) is 80.8 cm³/mol. The summed E-state index contributed by atoms with van der Waals surface area (Å²) in [4.78, 5) is 15.8. The van der Waals surface area contributed by atoms with Crippen LogP contribution in [-0.2, 0) is 0 Å². The molecule has 0 saturated heterocycles. The second kappa shape index (κ2) is 6.19. The average Bonchev–Trinajstić information content (AvgIpc) is 2.49. The van der Waals surface area contributed by atoms with Gasteiger partial charge >= 0.3 is 0 Å². The van der Waals surface area contributed by atoms with Crippen LogP contribution in [0.1, 0.15) is 34.5 Å². The molecule has 0 radical (unpaired) electrons. The van der Waals surface area contributed by atoms with Gasteiger partial charge in [-0.15, -0.1) is 0 Å². The zero-order valence-electron chi connectivity index (χ0n) is 12.0. The first-order chi connectivity index (χ1) is 9.63. The van der Waals surface area contributed by atoms with E-state index in [-0.39, 0.29) is 11.9 Å². The smallest absolute Gasteiger partial charge is 0.251 e. The fraction of sp³-hybridized carbons (Fsp3) is 0.250. The summed E-state index contributed by atoms with van der Waals surface area (Å²) in [6.45, 7) is 4.04. The van der Waals surface area contributed by atoms with Crippen LogP contribution in [0.3, 0.4) is 0 Å². The Hall–Kier alpha value is -2.36. The number of carbonyl (C=O) groups excluding carboxylic acids is 1. The van der Waals surface area contributed by atoms with Gasteiger partial charge in [0.2, 0.25) is 0 Å². The molecule has 1 heterocycles. The van der Waals surface area contributed by atoms with Crippen LogP contribution < -0.4 is 10.6 Å². The van der Waals surface area contributed by atoms with Gasteiger partial charge in [0.25, 0.3) is 5.91 Å². The summed E-state index contributed by atoms with van der Waals surface area (Å²) in [5.41, 5.74) is 3.77. The summed E-state index contributed by atoms with van der Waals surface area (Å²) in [7, 11) is 1.64. The van der Waals surface area contributed by atoms with Crippen LogP contribution in [0.15, 0.2) is 42.7 Å². The van der Waals surface area contributed by atoms with E-state index in [0.29, 0.717) is 5.56 Å². The van der Waals surface area contributed by atoms with Crippen molar-refractivity contribution in [2.75, 3.05) is 12.4 Å². The summed E-state index contributed by atoms with van der Waals surface area (Å²) >= 11 is 0. The molecule has 4 heteroatoms. The molecule has 0 spiro atoms. The van der Waals surface area contributed by atoms with Gasteiger partial charge in [0.1, 0.15) is 0 Å². The molecule has 20 heavy (non-hydrogen) atoms. The Bertz CT molecular complexity index is 596. The number of carbonyl (C=O) groups is 1. The number of anilines is 1. The zero-order valence-corrected chi connectivity index (χ0v) is 12.0. The van der Waals surface area contributed by atoms with Crippen molar-refractivity contribution in [3.05, 3.63) is 59.4 Å². The van der Waals surface area contributed by atoms with Crippen LogP contribution in [-0.4, -0.2) is 17.9 Å². The molecule has 0 fully saturated rings. The molecule has 2 aromatic rings. The van der Waals surface area contributed by atoms with Gasteiger partial charge in [0.15, 0.2) is 0 Å². The Kier molecular flexibility index (Phi) is 4.35. The van der Waals surface area contributed by atoms with Gasteiger partial charge in [0, 0.05) is 36.7 Å². The molecule has 0 saturated carbocycles. The second-order valence-electron chi connectivity index (χ2n) is 4.70. The predicted octanol–water partition coefficient (Wildman–Crippen LogP) is 2.92. The lowest BCUT2D eigenvalue weighted by Crippen LogP contribution is -2.19. The van der Waals surface area contributed by atoms with Crippen molar-refractivity contribution >= 4 is 11.6 Å². The molecule has 104 valence electrons. The largest absolute Gasteiger partial charge is 0.378 e. The topological polar surface area (TPSA) is 54.0 Å². The monoisotopic (exact) mass is 269 g/mol. The number of aromatic nitrogens is 1. The number of nitrogens with one attached hydrogen (secondary N) is 2. The minimum atomic E-state index is -0.0669. The minimum Gasteiger partial charge on any atom is -0.378 e. The van der Waals surface area contributed by atoms with Gasteiger partial charge in [-0.3, -0.25) is 9.78 Å². The van der Waals surface area contributed by atoms with Crippen LogP contribution in [0.25, 0.3) is 0 Å². The van der Waals surface area contributed by atoms with Crippen molar-refractivity contribution in [1.29, 1.82) is 0 Å². The van der Waals surface area contributed by atoms with Crippen LogP contribution in [0.4, 0.5) is 5.69 Å². The summed E-state index contributed by atoms with van der Waals surface area (Å²) in [6, 6.07) is 9.82. The van der Waals surface area contributed by atoms with E-state index in [1.54, 1.807) is 19.4 Å². The molecule has 0 aliphatic rings. The Labute approximate surface area is 119 Å². The van der Waals surface area contributed by atoms with Gasteiger partial charge in [-0.2, -0.15) is 0 Å². The molecule has 1 amide bonds. The molecular formula is C16H19N3O. The number of benzene rings is 1.